The van der Waals surface area contributed by atoms with E-state index in [1.54, 1.807) is 30.3 Å². The van der Waals surface area contributed by atoms with E-state index in [9.17, 15) is 52.8 Å². The number of nitrogen functional groups attached to an aromatic ring is 1. The molecule has 0 bridgehead atoms. The molecule has 32 heteroatoms. The summed E-state index contributed by atoms with van der Waals surface area (Å²) in [5.74, 6) is 0.0209. The van der Waals surface area contributed by atoms with Crippen molar-refractivity contribution in [2.24, 2.45) is 22.7 Å². The highest BCUT2D eigenvalue weighted by Gasteiger charge is 2.45. The van der Waals surface area contributed by atoms with E-state index in [2.05, 4.69) is 30.9 Å². The van der Waals surface area contributed by atoms with E-state index < -0.39 is 71.7 Å². The second-order valence-corrected chi connectivity index (χ2v) is 36.8. The number of aromatic nitrogens is 7. The highest BCUT2D eigenvalue weighted by Crippen LogP contribution is 2.46. The van der Waals surface area contributed by atoms with Crippen molar-refractivity contribution in [3.8, 4) is 0 Å². The number of hydrogen-bond donors (Lipinski definition) is 5. The first kappa shape index (κ1) is 82.4. The van der Waals surface area contributed by atoms with Gasteiger partial charge in [0.15, 0.2) is 40.8 Å². The Labute approximate surface area is 658 Å². The molecule has 2 unspecified atom stereocenters. The second-order valence-electron chi connectivity index (χ2n) is 30.8. The van der Waals surface area contributed by atoms with Gasteiger partial charge in [0.1, 0.15) is 76.7 Å². The smallest absolute Gasteiger partial charge is 0.309 e. The minimum atomic E-state index is -3.52. The summed E-state index contributed by atoms with van der Waals surface area (Å²) in [6.07, 6.45) is 17.5. The number of carboxylic acids is 1. The minimum Gasteiger partial charge on any atom is -0.481 e. The third kappa shape index (κ3) is 18.8. The third-order valence-electron chi connectivity index (χ3n) is 22.2. The van der Waals surface area contributed by atoms with Crippen LogP contribution in [0.5, 0.6) is 0 Å². The molecule has 8 atom stereocenters. The number of sulfone groups is 3. The fraction of sp³-hybridized carbons (Fsp3) is 0.506. The standard InChI is InChI=1S/C28H33FN4O4S.C24H26FN3O3S.C23H29N5O3S.C4H5FO2.2H2S/c1-16-30-27-23(32-22-10-9-18(17-6-5-7-17)12-25(22)38(2,35)36)13-19(14-24(34)20-15-21(20)29)31-28(27)33(16)26-8-3-4-11-37-26;1-13-8-20-24(26-13)21(10-16(27-20)11-22(29)17-12-18(17)25)28-19-7-6-15(14-4-3-5-14)9-23(19)32(2,30)31;1-14-25-22-18(13-20(24)27-23(22)28(14)21-8-3-4-11-31-21)26-17-10-9-16(15-6-5-7-15)12-19(17)32(2,29)30;5-3-1-2(3)4(6)7;;/h9-10,12-13,17,20-21,26H,3-8,11,14-15H2,1-2H3,(H,31,32);6-7,9-10,14,17-18H,3-5,8,11-12H2,1-2H3,(H,27,28);9-10,12-13,15,21H,3-8,11H2,1-2H3,(H3,24,26,27);2-3H,1H2,(H,6,7);2*1H2/t20-,21+,26?;17-,18+;;2-,3+;;/m11.1../s1. The number of rotatable bonds is 21. The SMILES string of the molecule is CC1=Nc2c(Nc3ccc(C4CCC4)cc3S(C)(=O)=O)cc(CC(=O)[C@@H]3C[C@@H]3F)nc2C1.Cc1nc2c(Nc3ccc(C4CCC4)cc3S(C)(=O)=O)cc(CC(=O)[C@@H]3C[C@@H]3F)nc2n1C1CCCCO1.Cc1nc2c(Nc3ccc(C4CCC4)cc3S(C)(=O)=O)cc(N)nc2n1C1CCCCO1.O=C(O)[C@@H]1C[C@@H]1F.S.S. The molecule has 6 saturated carbocycles. The van der Waals surface area contributed by atoms with Crippen molar-refractivity contribution in [2.45, 2.75) is 219 Å². The summed E-state index contributed by atoms with van der Waals surface area (Å²) in [6, 6.07) is 22.0. The number of nitrogens with zero attached hydrogens (tertiary/aromatic N) is 8. The van der Waals surface area contributed by atoms with Crippen molar-refractivity contribution in [3.63, 3.8) is 0 Å². The molecule has 3 aromatic carbocycles. The van der Waals surface area contributed by atoms with Gasteiger partial charge in [0, 0.05) is 63.0 Å². The highest BCUT2D eigenvalue weighted by molar-refractivity contribution is 7.91. The molecule has 2 saturated heterocycles. The molecule has 17 rings (SSSR count). The minimum absolute atomic E-state index is 0. The van der Waals surface area contributed by atoms with E-state index in [0.717, 1.165) is 123 Å². The predicted molar refractivity (Wildman–Crippen MR) is 430 cm³/mol. The number of alkyl halides is 3. The number of ether oxygens (including phenoxy) is 2. The molecular weight excluding hydrogens is 1530 g/mol. The van der Waals surface area contributed by atoms with Crippen molar-refractivity contribution < 1.29 is 67.4 Å². The molecule has 596 valence electrons. The lowest BCUT2D eigenvalue weighted by Gasteiger charge is -2.26. The van der Waals surface area contributed by atoms with Crippen LogP contribution in [0.4, 0.5) is 58.8 Å². The Bertz CT molecular complexity index is 5290. The molecule has 0 radical (unpaired) electrons. The zero-order valence-electron chi connectivity index (χ0n) is 63.0. The van der Waals surface area contributed by atoms with Crippen molar-refractivity contribution in [3.05, 3.63) is 118 Å². The van der Waals surface area contributed by atoms with Gasteiger partial charge in [-0.1, -0.05) is 37.5 Å². The van der Waals surface area contributed by atoms with E-state index >= 15 is 0 Å². The van der Waals surface area contributed by atoms with Crippen molar-refractivity contribution in [2.75, 3.05) is 53.7 Å². The summed E-state index contributed by atoms with van der Waals surface area (Å²) < 4.78 is 130. The lowest BCUT2D eigenvalue weighted by atomic mass is 9.80. The number of carboxylic acid groups (broad SMARTS) is 1. The summed E-state index contributed by atoms with van der Waals surface area (Å²) in [5.41, 5.74) is 18.3. The van der Waals surface area contributed by atoms with E-state index in [4.69, 9.17) is 35.3 Å². The predicted octanol–water partition coefficient (Wildman–Crippen LogP) is 15.0. The molecule has 8 aromatic rings. The number of nitrogens with one attached hydrogen (secondary N) is 3. The number of hydrogen-bond acceptors (Lipinski definition) is 21. The van der Waals surface area contributed by atoms with Crippen LogP contribution in [0.3, 0.4) is 0 Å². The fourth-order valence-electron chi connectivity index (χ4n) is 15.1. The fourth-order valence-corrected chi connectivity index (χ4v) is 17.7. The number of anilines is 7. The lowest BCUT2D eigenvalue weighted by Crippen LogP contribution is -2.19. The van der Waals surface area contributed by atoms with E-state index in [1.807, 2.05) is 72.4 Å². The Hall–Kier alpha value is -8.01. The highest BCUT2D eigenvalue weighted by atomic mass is 32.2. The van der Waals surface area contributed by atoms with Crippen molar-refractivity contribution in [1.29, 1.82) is 0 Å². The van der Waals surface area contributed by atoms with Crippen molar-refractivity contribution in [1.82, 2.24) is 34.1 Å². The molecule has 8 fully saturated rings. The van der Waals surface area contributed by atoms with E-state index in [1.165, 1.54) is 31.6 Å². The van der Waals surface area contributed by atoms with Crippen LogP contribution in [0, 0.1) is 31.6 Å². The van der Waals surface area contributed by atoms with Crippen LogP contribution in [0.25, 0.3) is 22.3 Å². The maximum Gasteiger partial charge on any atom is 0.309 e. The Morgan fingerprint density at radius 2 is 0.874 bits per heavy atom. The Morgan fingerprint density at radius 3 is 1.23 bits per heavy atom. The van der Waals surface area contributed by atoms with Crippen LogP contribution >= 0.6 is 27.0 Å². The Morgan fingerprint density at radius 1 is 0.495 bits per heavy atom. The first-order valence-corrected chi connectivity index (χ1v) is 43.4. The number of imidazole rings is 2. The number of Topliss-reactive ketones (excluding diaryl/α,β-unsaturated/α-hetero) is 2. The van der Waals surface area contributed by atoms with Gasteiger partial charge in [-0.2, -0.15) is 27.0 Å². The molecule has 6 aliphatic carbocycles. The number of aliphatic imine (C=N–C) groups is 1. The van der Waals surface area contributed by atoms with Crippen LogP contribution in [0.2, 0.25) is 0 Å². The largest absolute Gasteiger partial charge is 0.481 e. The molecule has 3 aliphatic heterocycles. The zero-order chi connectivity index (χ0) is 77.1. The molecular formula is C79H97F3N12O12S5. The first-order chi connectivity index (χ1) is 51.9. The Kier molecular flexibility index (Phi) is 24.9. The quantitative estimate of drug-likeness (QED) is 0.0446. The van der Waals surface area contributed by atoms with Gasteiger partial charge in [-0.15, -0.1) is 0 Å². The molecule has 111 heavy (non-hydrogen) atoms. The van der Waals surface area contributed by atoms with Gasteiger partial charge in [0.2, 0.25) is 0 Å². The molecule has 9 aliphatic rings. The topological polar surface area (TPSA) is 341 Å². The van der Waals surface area contributed by atoms with Gasteiger partial charge in [0.05, 0.1) is 83.6 Å². The van der Waals surface area contributed by atoms with Gasteiger partial charge < -0.3 is 36.3 Å². The number of halogens is 3. The molecule has 0 spiro atoms. The number of ketones is 2. The average molecular weight is 1620 g/mol. The zero-order valence-corrected chi connectivity index (χ0v) is 67.4. The summed E-state index contributed by atoms with van der Waals surface area (Å²) in [7, 11) is -10.4. The van der Waals surface area contributed by atoms with Gasteiger partial charge in [-0.3, -0.25) is 33.5 Å². The van der Waals surface area contributed by atoms with Crippen molar-refractivity contribution >= 4 is 148 Å². The number of aryl methyl sites for hydroxylation is 2. The molecule has 24 nitrogen and oxygen atoms in total. The van der Waals surface area contributed by atoms with Crippen LogP contribution < -0.4 is 21.7 Å². The number of benzene rings is 3. The molecule has 6 N–H and O–H groups in total. The average Bonchev–Trinajstić information content (AvgIpc) is 1.66. The molecule has 0 amide bonds. The maximum atomic E-state index is 13.6. The van der Waals surface area contributed by atoms with Gasteiger partial charge in [0.25, 0.3) is 0 Å². The van der Waals surface area contributed by atoms with Gasteiger partial charge in [-0.25, -0.2) is 58.4 Å². The third-order valence-corrected chi connectivity index (χ3v) is 25.6. The van der Waals surface area contributed by atoms with Crippen LogP contribution in [0.15, 0.2) is 92.5 Å². The second kappa shape index (κ2) is 33.6. The maximum absolute atomic E-state index is 13.6. The van der Waals surface area contributed by atoms with Crippen LogP contribution in [-0.4, -0.2) is 138 Å². The van der Waals surface area contributed by atoms with Crippen LogP contribution in [0.1, 0.15) is 198 Å². The van der Waals surface area contributed by atoms with Crippen LogP contribution in [-0.2, 0) is 72.6 Å². The van der Waals surface area contributed by atoms with E-state index in [-0.39, 0.29) is 91.4 Å². The summed E-state index contributed by atoms with van der Waals surface area (Å²) in [4.78, 5) is 63.6. The normalized spacial score (nSPS) is 22.6. The number of aliphatic carboxylic acids is 1. The monoisotopic (exact) mass is 1620 g/mol. The summed E-state index contributed by atoms with van der Waals surface area (Å²) >= 11 is 0. The van der Waals surface area contributed by atoms with E-state index in [0.29, 0.717) is 123 Å². The number of pyridine rings is 3. The molecule has 5 aromatic heterocycles. The van der Waals surface area contributed by atoms with Gasteiger partial charge in [-0.05, 0) is 200 Å². The number of carbonyl (C=O) groups excluding carboxylic acids is 2. The van der Waals surface area contributed by atoms with Gasteiger partial charge >= 0.3 is 5.97 Å². The first-order valence-electron chi connectivity index (χ1n) is 37.8. The number of nitrogens with two attached hydrogens (primary N) is 1. The lowest BCUT2D eigenvalue weighted by molar-refractivity contribution is -0.139. The molecule has 8 heterocycles. The Balaban J connectivity index is 0.000000147. The number of fused-ring (bicyclic) bond motifs is 3. The number of carbonyl (C=O) groups is 3. The summed E-state index contributed by atoms with van der Waals surface area (Å²) in [5, 5.41) is 17.8. The summed E-state index contributed by atoms with van der Waals surface area (Å²) in [6.45, 7) is 7.08.